The van der Waals surface area contributed by atoms with Crippen LogP contribution in [0.25, 0.3) is 10.9 Å². The molecule has 0 saturated carbocycles. The Hall–Kier alpha value is -2.30. The van der Waals surface area contributed by atoms with Crippen LogP contribution in [0, 0.1) is 0 Å². The molecule has 2 heterocycles. The third-order valence-electron chi connectivity index (χ3n) is 3.49. The zero-order valence-electron chi connectivity index (χ0n) is 10.8. The molecule has 1 atom stereocenters. The summed E-state index contributed by atoms with van der Waals surface area (Å²) in [7, 11) is 0. The number of piperazine rings is 1. The molecule has 0 spiro atoms. The summed E-state index contributed by atoms with van der Waals surface area (Å²) < 4.78 is 0. The molecule has 3 rings (SSSR count). The molecule has 1 aliphatic rings. The van der Waals surface area contributed by atoms with Gasteiger partial charge in [0.05, 0.1) is 5.52 Å². The van der Waals surface area contributed by atoms with Gasteiger partial charge in [0.2, 0.25) is 5.91 Å². The minimum absolute atomic E-state index is 0.0467. The van der Waals surface area contributed by atoms with E-state index in [-0.39, 0.29) is 11.9 Å². The molecule has 1 aromatic carbocycles. The maximum absolute atomic E-state index is 11.7. The van der Waals surface area contributed by atoms with Gasteiger partial charge in [0.1, 0.15) is 11.9 Å². The summed E-state index contributed by atoms with van der Waals surface area (Å²) >= 11 is 0. The lowest BCUT2D eigenvalue weighted by atomic mass is 10.1. The molecule has 1 saturated heterocycles. The quantitative estimate of drug-likeness (QED) is 0.751. The van der Waals surface area contributed by atoms with Gasteiger partial charge >= 0.3 is 0 Å². The number of nitrogens with zero attached hydrogens (tertiary/aromatic N) is 2. The van der Waals surface area contributed by atoms with Gasteiger partial charge in [0, 0.05) is 24.2 Å². The molecule has 1 fully saturated rings. The van der Waals surface area contributed by atoms with E-state index in [0.717, 1.165) is 29.0 Å². The summed E-state index contributed by atoms with van der Waals surface area (Å²) in [5, 5.41) is 3.86. The summed E-state index contributed by atoms with van der Waals surface area (Å²) in [4.78, 5) is 18.3. The zero-order valence-corrected chi connectivity index (χ0v) is 10.8. The van der Waals surface area contributed by atoms with Crippen molar-refractivity contribution in [2.45, 2.75) is 13.0 Å². The minimum Gasteiger partial charge on any atom is -0.399 e. The van der Waals surface area contributed by atoms with Gasteiger partial charge in [-0.3, -0.25) is 4.79 Å². The highest BCUT2D eigenvalue weighted by Gasteiger charge is 2.26. The van der Waals surface area contributed by atoms with Crippen molar-refractivity contribution in [3.63, 3.8) is 0 Å². The predicted octanol–water partition coefficient (Wildman–Crippen LogP) is 1.14. The lowest BCUT2D eigenvalue weighted by molar-refractivity contribution is -0.122. The van der Waals surface area contributed by atoms with Crippen LogP contribution in [0.5, 0.6) is 0 Å². The summed E-state index contributed by atoms with van der Waals surface area (Å²) in [5.74, 6) is 0.880. The third kappa shape index (κ3) is 2.07. The van der Waals surface area contributed by atoms with Crippen molar-refractivity contribution >= 4 is 28.3 Å². The summed E-state index contributed by atoms with van der Waals surface area (Å²) in [6.07, 6.45) is 0. The molecule has 5 heteroatoms. The molecule has 19 heavy (non-hydrogen) atoms. The molecule has 3 N–H and O–H groups in total. The van der Waals surface area contributed by atoms with Crippen molar-refractivity contribution in [2.75, 3.05) is 23.7 Å². The number of nitrogens with two attached hydrogens (primary N) is 1. The Labute approximate surface area is 111 Å². The smallest absolute Gasteiger partial charge is 0.242 e. The van der Waals surface area contributed by atoms with E-state index in [0.29, 0.717) is 6.54 Å². The Kier molecular flexibility index (Phi) is 2.74. The third-order valence-corrected chi connectivity index (χ3v) is 3.49. The molecule has 1 aliphatic heterocycles. The van der Waals surface area contributed by atoms with Crippen molar-refractivity contribution in [3.05, 3.63) is 30.3 Å². The highest BCUT2D eigenvalue weighted by Crippen LogP contribution is 2.22. The van der Waals surface area contributed by atoms with E-state index in [1.165, 1.54) is 0 Å². The molecule has 1 aromatic heterocycles. The second kappa shape index (κ2) is 4.42. The number of hydrogen-bond acceptors (Lipinski definition) is 4. The number of nitrogens with one attached hydrogen (secondary N) is 1. The first-order chi connectivity index (χ1) is 9.15. The van der Waals surface area contributed by atoms with Crippen LogP contribution in [0.4, 0.5) is 11.5 Å². The number of benzene rings is 1. The maximum atomic E-state index is 11.7. The van der Waals surface area contributed by atoms with Crippen LogP contribution in [-0.4, -0.2) is 30.0 Å². The van der Waals surface area contributed by atoms with Crippen LogP contribution in [-0.2, 0) is 4.79 Å². The SMILES string of the molecule is CC1C(=O)NCCN1c1ccc2cc(N)ccc2n1. The number of pyridine rings is 1. The number of carbonyl (C=O) groups excluding carboxylic acids is 1. The Morgan fingerprint density at radius 2 is 2.21 bits per heavy atom. The Morgan fingerprint density at radius 3 is 3.05 bits per heavy atom. The van der Waals surface area contributed by atoms with Crippen LogP contribution in [0.3, 0.4) is 0 Å². The molecule has 98 valence electrons. The number of rotatable bonds is 1. The van der Waals surface area contributed by atoms with E-state index in [1.54, 1.807) is 0 Å². The molecule has 2 aromatic rings. The molecule has 1 amide bonds. The number of aromatic nitrogens is 1. The summed E-state index contributed by atoms with van der Waals surface area (Å²) in [6.45, 7) is 3.33. The largest absolute Gasteiger partial charge is 0.399 e. The summed E-state index contributed by atoms with van der Waals surface area (Å²) in [6, 6.07) is 9.39. The molecular weight excluding hydrogens is 240 g/mol. The Balaban J connectivity index is 2.01. The molecule has 0 aliphatic carbocycles. The van der Waals surface area contributed by atoms with E-state index in [2.05, 4.69) is 10.3 Å². The molecule has 5 nitrogen and oxygen atoms in total. The van der Waals surface area contributed by atoms with Crippen molar-refractivity contribution in [1.82, 2.24) is 10.3 Å². The summed E-state index contributed by atoms with van der Waals surface area (Å²) in [5.41, 5.74) is 7.38. The Morgan fingerprint density at radius 1 is 1.37 bits per heavy atom. The zero-order chi connectivity index (χ0) is 13.4. The predicted molar refractivity (Wildman–Crippen MR) is 76.0 cm³/mol. The first-order valence-electron chi connectivity index (χ1n) is 6.36. The van der Waals surface area contributed by atoms with Crippen molar-refractivity contribution in [1.29, 1.82) is 0 Å². The number of nitrogen functional groups attached to an aromatic ring is 1. The average Bonchev–Trinajstić information content (AvgIpc) is 2.41. The van der Waals surface area contributed by atoms with Gasteiger partial charge in [-0.2, -0.15) is 0 Å². The van der Waals surface area contributed by atoms with Gasteiger partial charge in [-0.05, 0) is 37.3 Å². The van der Waals surface area contributed by atoms with Gasteiger partial charge in [0.15, 0.2) is 0 Å². The highest BCUT2D eigenvalue weighted by molar-refractivity contribution is 5.87. The number of carbonyl (C=O) groups is 1. The highest BCUT2D eigenvalue weighted by atomic mass is 16.2. The second-order valence-corrected chi connectivity index (χ2v) is 4.78. The van der Waals surface area contributed by atoms with Gasteiger partial charge in [0.25, 0.3) is 0 Å². The van der Waals surface area contributed by atoms with Gasteiger partial charge < -0.3 is 16.0 Å². The monoisotopic (exact) mass is 256 g/mol. The fourth-order valence-electron chi connectivity index (χ4n) is 2.39. The van der Waals surface area contributed by atoms with Gasteiger partial charge in [-0.1, -0.05) is 0 Å². The van der Waals surface area contributed by atoms with Gasteiger partial charge in [-0.15, -0.1) is 0 Å². The fourth-order valence-corrected chi connectivity index (χ4v) is 2.39. The van der Waals surface area contributed by atoms with Crippen LogP contribution in [0.2, 0.25) is 0 Å². The van der Waals surface area contributed by atoms with E-state index in [9.17, 15) is 4.79 Å². The number of anilines is 2. The normalized spacial score (nSPS) is 19.5. The second-order valence-electron chi connectivity index (χ2n) is 4.78. The van der Waals surface area contributed by atoms with E-state index >= 15 is 0 Å². The molecular formula is C14H16N4O. The van der Waals surface area contributed by atoms with E-state index in [4.69, 9.17) is 5.73 Å². The molecule has 0 radical (unpaired) electrons. The molecule has 0 bridgehead atoms. The van der Waals surface area contributed by atoms with Crippen LogP contribution < -0.4 is 16.0 Å². The Bertz CT molecular complexity index is 640. The number of hydrogen-bond donors (Lipinski definition) is 2. The van der Waals surface area contributed by atoms with E-state index < -0.39 is 0 Å². The first-order valence-corrected chi connectivity index (χ1v) is 6.36. The van der Waals surface area contributed by atoms with Gasteiger partial charge in [-0.25, -0.2) is 4.98 Å². The van der Waals surface area contributed by atoms with E-state index in [1.807, 2.05) is 42.2 Å². The lowest BCUT2D eigenvalue weighted by Gasteiger charge is -2.33. The maximum Gasteiger partial charge on any atom is 0.242 e. The number of fused-ring (bicyclic) bond motifs is 1. The van der Waals surface area contributed by atoms with Crippen molar-refractivity contribution in [3.8, 4) is 0 Å². The first kappa shape index (κ1) is 11.8. The van der Waals surface area contributed by atoms with Crippen molar-refractivity contribution < 1.29 is 4.79 Å². The van der Waals surface area contributed by atoms with Crippen LogP contribution in [0.15, 0.2) is 30.3 Å². The van der Waals surface area contributed by atoms with Crippen LogP contribution in [0.1, 0.15) is 6.92 Å². The number of amides is 1. The average molecular weight is 256 g/mol. The fraction of sp³-hybridized carbons (Fsp3) is 0.286. The lowest BCUT2D eigenvalue weighted by Crippen LogP contribution is -2.54. The molecule has 1 unspecified atom stereocenters. The minimum atomic E-state index is -0.188. The van der Waals surface area contributed by atoms with Crippen LogP contribution >= 0.6 is 0 Å². The topological polar surface area (TPSA) is 71.2 Å². The standard InChI is InChI=1S/C14H16N4O/c1-9-14(19)16-6-7-18(9)13-5-2-10-8-11(15)3-4-12(10)17-13/h2-5,8-9H,6-7,15H2,1H3,(H,16,19). The van der Waals surface area contributed by atoms with Crippen molar-refractivity contribution in [2.24, 2.45) is 0 Å².